The molecular formula is C19H25N5O7. The number of H-pyrrole nitrogens is 1. The Balaban J connectivity index is 1.81. The van der Waals surface area contributed by atoms with Gasteiger partial charge in [-0.3, -0.25) is 29.3 Å². The minimum atomic E-state index is -0.786. The lowest BCUT2D eigenvalue weighted by Gasteiger charge is -2.16. The Hall–Kier alpha value is -3.12. The highest BCUT2D eigenvalue weighted by molar-refractivity contribution is 5.91. The Morgan fingerprint density at radius 3 is 2.77 bits per heavy atom. The highest BCUT2D eigenvalue weighted by atomic mass is 16.6. The predicted molar refractivity (Wildman–Crippen MR) is 107 cm³/mol. The topological polar surface area (TPSA) is 166 Å². The molecule has 0 radical (unpaired) electrons. The van der Waals surface area contributed by atoms with E-state index in [0.29, 0.717) is 0 Å². The standard InChI is InChI=1S/C19H25N5O7/c1-9(2)17(28)22-19-21-16-15(18(29)23-19)20-8-24(16)13-6-11(12(7-25)30-13)31-14(27)5-4-10(3)26/h8-9,11-13,25H,4-7H2,1-3H3,(H2,21,22,23,28,29)/t11-,12+,13+/m0/s1. The van der Waals surface area contributed by atoms with Crippen LogP contribution >= 0.6 is 0 Å². The molecule has 3 rings (SSSR count). The fraction of sp³-hybridized carbons (Fsp3) is 0.579. The number of Topliss-reactive ketones (excluding diaryl/α,β-unsaturated/α-hetero) is 1. The molecule has 12 heteroatoms. The zero-order chi connectivity index (χ0) is 22.7. The molecule has 3 atom stereocenters. The summed E-state index contributed by atoms with van der Waals surface area (Å²) in [5, 5.41) is 12.2. The van der Waals surface area contributed by atoms with Crippen LogP contribution in [0, 0.1) is 5.92 Å². The molecule has 2 aromatic heterocycles. The van der Waals surface area contributed by atoms with E-state index in [0.717, 1.165) is 0 Å². The summed E-state index contributed by atoms with van der Waals surface area (Å²) in [7, 11) is 0. The van der Waals surface area contributed by atoms with Gasteiger partial charge < -0.3 is 19.4 Å². The second-order valence-corrected chi connectivity index (χ2v) is 7.66. The molecule has 3 N–H and O–H groups in total. The summed E-state index contributed by atoms with van der Waals surface area (Å²) in [5.74, 6) is -1.34. The first kappa shape index (κ1) is 22.6. The molecule has 12 nitrogen and oxygen atoms in total. The monoisotopic (exact) mass is 435 g/mol. The summed E-state index contributed by atoms with van der Waals surface area (Å²) in [6.07, 6.45) is -0.678. The Morgan fingerprint density at radius 1 is 1.39 bits per heavy atom. The zero-order valence-corrected chi connectivity index (χ0v) is 17.5. The Labute approximate surface area is 177 Å². The number of nitrogens with one attached hydrogen (secondary N) is 2. The second-order valence-electron chi connectivity index (χ2n) is 7.66. The molecule has 3 heterocycles. The van der Waals surface area contributed by atoms with E-state index >= 15 is 0 Å². The van der Waals surface area contributed by atoms with E-state index in [1.165, 1.54) is 17.8 Å². The first-order valence-corrected chi connectivity index (χ1v) is 9.92. The van der Waals surface area contributed by atoms with Gasteiger partial charge in [0.05, 0.1) is 19.4 Å². The number of rotatable bonds is 8. The van der Waals surface area contributed by atoms with Gasteiger partial charge in [0.25, 0.3) is 5.56 Å². The first-order valence-electron chi connectivity index (χ1n) is 9.92. The third kappa shape index (κ3) is 5.14. The largest absolute Gasteiger partial charge is 0.459 e. The van der Waals surface area contributed by atoms with Crippen molar-refractivity contribution >= 4 is 34.8 Å². The summed E-state index contributed by atoms with van der Waals surface area (Å²) < 4.78 is 12.7. The lowest BCUT2D eigenvalue weighted by molar-refractivity contribution is -0.153. The molecule has 1 saturated heterocycles. The second kappa shape index (κ2) is 9.35. The predicted octanol–water partition coefficient (Wildman–Crippen LogP) is 0.275. The van der Waals surface area contributed by atoms with Crippen molar-refractivity contribution in [3.05, 3.63) is 16.7 Å². The molecule has 0 aromatic carbocycles. The summed E-state index contributed by atoms with van der Waals surface area (Å²) in [5.41, 5.74) is -0.312. The van der Waals surface area contributed by atoms with Crippen molar-refractivity contribution in [3.8, 4) is 0 Å². The van der Waals surface area contributed by atoms with Crippen molar-refractivity contribution in [2.24, 2.45) is 5.92 Å². The number of anilines is 1. The molecule has 0 bridgehead atoms. The molecule has 168 valence electrons. The lowest BCUT2D eigenvalue weighted by atomic mass is 10.2. The van der Waals surface area contributed by atoms with E-state index in [2.05, 4.69) is 20.3 Å². The van der Waals surface area contributed by atoms with Gasteiger partial charge in [0, 0.05) is 18.8 Å². The van der Waals surface area contributed by atoms with Crippen molar-refractivity contribution in [1.82, 2.24) is 19.5 Å². The van der Waals surface area contributed by atoms with Crippen LogP contribution < -0.4 is 10.9 Å². The normalized spacial score (nSPS) is 20.9. The third-order valence-electron chi connectivity index (χ3n) is 4.83. The number of hydrogen-bond donors (Lipinski definition) is 3. The van der Waals surface area contributed by atoms with E-state index in [1.807, 2.05) is 0 Å². The van der Waals surface area contributed by atoms with E-state index in [9.17, 15) is 24.3 Å². The minimum absolute atomic E-state index is 0.0261. The quantitative estimate of drug-likeness (QED) is 0.493. The summed E-state index contributed by atoms with van der Waals surface area (Å²) in [4.78, 5) is 58.1. The molecule has 0 saturated carbocycles. The molecule has 1 amide bonds. The fourth-order valence-corrected chi connectivity index (χ4v) is 3.12. The summed E-state index contributed by atoms with van der Waals surface area (Å²) in [6, 6.07) is 0. The van der Waals surface area contributed by atoms with Crippen LogP contribution in [0.2, 0.25) is 0 Å². The lowest BCUT2D eigenvalue weighted by Crippen LogP contribution is -2.30. The Morgan fingerprint density at radius 2 is 2.13 bits per heavy atom. The highest BCUT2D eigenvalue weighted by Gasteiger charge is 2.39. The molecule has 0 spiro atoms. The van der Waals surface area contributed by atoms with Gasteiger partial charge in [-0.05, 0) is 6.92 Å². The third-order valence-corrected chi connectivity index (χ3v) is 4.83. The van der Waals surface area contributed by atoms with Crippen LogP contribution in [-0.4, -0.2) is 61.1 Å². The van der Waals surface area contributed by atoms with Crippen LogP contribution in [0.3, 0.4) is 0 Å². The number of carbonyl (C=O) groups excluding carboxylic acids is 3. The molecule has 31 heavy (non-hydrogen) atoms. The van der Waals surface area contributed by atoms with Crippen molar-refractivity contribution < 1.29 is 29.0 Å². The summed E-state index contributed by atoms with van der Waals surface area (Å²) in [6.45, 7) is 4.40. The summed E-state index contributed by atoms with van der Waals surface area (Å²) >= 11 is 0. The molecule has 1 aliphatic heterocycles. The number of carbonyl (C=O) groups is 3. The van der Waals surface area contributed by atoms with Crippen LogP contribution in [-0.2, 0) is 23.9 Å². The van der Waals surface area contributed by atoms with Crippen molar-refractivity contribution in [2.45, 2.75) is 58.5 Å². The number of ether oxygens (including phenoxy) is 2. The van der Waals surface area contributed by atoms with Gasteiger partial charge in [0.1, 0.15) is 24.2 Å². The Bertz CT molecular complexity index is 1040. The average molecular weight is 435 g/mol. The maximum Gasteiger partial charge on any atom is 0.306 e. The average Bonchev–Trinajstić information content (AvgIpc) is 3.30. The number of fused-ring (bicyclic) bond motifs is 1. The van der Waals surface area contributed by atoms with Gasteiger partial charge in [-0.2, -0.15) is 4.98 Å². The van der Waals surface area contributed by atoms with Gasteiger partial charge in [0.2, 0.25) is 11.9 Å². The van der Waals surface area contributed by atoms with Gasteiger partial charge in [-0.15, -0.1) is 0 Å². The molecular weight excluding hydrogens is 410 g/mol. The van der Waals surface area contributed by atoms with E-state index in [4.69, 9.17) is 9.47 Å². The highest BCUT2D eigenvalue weighted by Crippen LogP contribution is 2.32. The van der Waals surface area contributed by atoms with E-state index < -0.39 is 36.6 Å². The number of aromatic amines is 1. The van der Waals surface area contributed by atoms with Crippen LogP contribution in [0.15, 0.2) is 11.1 Å². The maximum atomic E-state index is 12.3. The van der Waals surface area contributed by atoms with E-state index in [1.54, 1.807) is 13.8 Å². The number of aliphatic hydroxyl groups excluding tert-OH is 1. The van der Waals surface area contributed by atoms with E-state index in [-0.39, 0.29) is 54.0 Å². The van der Waals surface area contributed by atoms with Crippen LogP contribution in [0.5, 0.6) is 0 Å². The number of esters is 1. The molecule has 1 fully saturated rings. The van der Waals surface area contributed by atoms with Crippen molar-refractivity contribution in [1.29, 1.82) is 0 Å². The molecule has 0 aliphatic carbocycles. The number of nitrogens with zero attached hydrogens (tertiary/aromatic N) is 3. The number of amides is 1. The number of ketones is 1. The maximum absolute atomic E-state index is 12.3. The van der Waals surface area contributed by atoms with Crippen LogP contribution in [0.25, 0.3) is 11.2 Å². The van der Waals surface area contributed by atoms with Crippen LogP contribution in [0.4, 0.5) is 5.95 Å². The number of aromatic nitrogens is 4. The minimum Gasteiger partial charge on any atom is -0.459 e. The molecule has 1 aliphatic rings. The number of imidazole rings is 1. The van der Waals surface area contributed by atoms with Crippen LogP contribution in [0.1, 0.15) is 46.3 Å². The van der Waals surface area contributed by atoms with Gasteiger partial charge in [0.15, 0.2) is 11.2 Å². The molecule has 2 aromatic rings. The number of hydrogen-bond acceptors (Lipinski definition) is 9. The SMILES string of the molecule is CC(=O)CCC(=O)O[C@H]1C[C@H](n2cnc3c(=O)[nH]c(NC(=O)C(C)C)nc32)O[C@@H]1CO. The van der Waals surface area contributed by atoms with Gasteiger partial charge in [-0.25, -0.2) is 4.98 Å². The zero-order valence-electron chi connectivity index (χ0n) is 17.5. The first-order chi connectivity index (χ1) is 14.7. The molecule has 0 unspecified atom stereocenters. The van der Waals surface area contributed by atoms with Crippen molar-refractivity contribution in [3.63, 3.8) is 0 Å². The van der Waals surface area contributed by atoms with Crippen molar-refractivity contribution in [2.75, 3.05) is 11.9 Å². The van der Waals surface area contributed by atoms with Gasteiger partial charge >= 0.3 is 5.97 Å². The Kier molecular flexibility index (Phi) is 6.81. The smallest absolute Gasteiger partial charge is 0.306 e. The fourth-order valence-electron chi connectivity index (χ4n) is 3.12. The van der Waals surface area contributed by atoms with Gasteiger partial charge in [-0.1, -0.05) is 13.8 Å². The number of aliphatic hydroxyl groups is 1.